The van der Waals surface area contributed by atoms with Gasteiger partial charge in [0.25, 0.3) is 0 Å². The van der Waals surface area contributed by atoms with Crippen molar-refractivity contribution in [3.05, 3.63) is 48.0 Å². The molecule has 2 heterocycles. The van der Waals surface area contributed by atoms with E-state index in [2.05, 4.69) is 10.3 Å². The Labute approximate surface area is 165 Å². The molecule has 2 amide bonds. The third-order valence-corrected chi connectivity index (χ3v) is 5.06. The molecule has 0 saturated carbocycles. The molecule has 1 N–H and O–H groups in total. The maximum absolute atomic E-state index is 12.7. The van der Waals surface area contributed by atoms with Gasteiger partial charge in [-0.15, -0.1) is 0 Å². The number of aryl methyl sites for hydroxylation is 1. The van der Waals surface area contributed by atoms with Crippen molar-refractivity contribution in [1.29, 1.82) is 0 Å². The first-order valence-electron chi connectivity index (χ1n) is 9.85. The van der Waals surface area contributed by atoms with E-state index in [4.69, 9.17) is 4.74 Å². The maximum Gasteiger partial charge on any atom is 0.317 e. The van der Waals surface area contributed by atoms with Crippen LogP contribution < -0.4 is 10.1 Å². The molecule has 7 nitrogen and oxygen atoms in total. The van der Waals surface area contributed by atoms with Crippen LogP contribution in [0.1, 0.15) is 35.9 Å². The molecule has 1 aromatic carbocycles. The number of urea groups is 1. The lowest BCUT2D eigenvalue weighted by Crippen LogP contribution is -2.47. The number of nitrogens with one attached hydrogen (secondary N) is 1. The number of likely N-dealkylation sites (tertiary alicyclic amines) is 1. The van der Waals surface area contributed by atoms with Crippen molar-refractivity contribution in [3.8, 4) is 5.75 Å². The number of rotatable bonds is 7. The molecule has 2 aromatic rings. The maximum atomic E-state index is 12.7. The largest absolute Gasteiger partial charge is 0.494 e. The number of nitrogens with zero attached hydrogens (tertiary/aromatic N) is 3. The van der Waals surface area contributed by atoms with E-state index in [0.717, 1.165) is 24.2 Å². The van der Waals surface area contributed by atoms with Gasteiger partial charge in [-0.05, 0) is 37.8 Å². The number of aromatic nitrogens is 2. The van der Waals surface area contributed by atoms with Gasteiger partial charge in [0.15, 0.2) is 5.82 Å². The van der Waals surface area contributed by atoms with E-state index < -0.39 is 0 Å². The molecule has 1 aliphatic rings. The molecule has 0 spiro atoms. The van der Waals surface area contributed by atoms with Crippen LogP contribution >= 0.6 is 0 Å². The average Bonchev–Trinajstić information content (AvgIpc) is 3.15. The zero-order valence-corrected chi connectivity index (χ0v) is 16.6. The molecular formula is C21H28N4O3. The molecule has 1 atom stereocenters. The molecule has 0 bridgehead atoms. The van der Waals surface area contributed by atoms with Crippen LogP contribution in [-0.4, -0.2) is 52.5 Å². The summed E-state index contributed by atoms with van der Waals surface area (Å²) in [5.74, 6) is 1.13. The summed E-state index contributed by atoms with van der Waals surface area (Å²) in [5, 5.41) is 2.98. The van der Waals surface area contributed by atoms with Crippen molar-refractivity contribution < 1.29 is 14.3 Å². The van der Waals surface area contributed by atoms with Crippen LogP contribution in [0, 0.1) is 5.92 Å². The number of amides is 2. The lowest BCUT2D eigenvalue weighted by Gasteiger charge is -2.31. The van der Waals surface area contributed by atoms with E-state index in [1.165, 1.54) is 0 Å². The Kier molecular flexibility index (Phi) is 6.68. The summed E-state index contributed by atoms with van der Waals surface area (Å²) in [6.07, 6.45) is 5.70. The fourth-order valence-electron chi connectivity index (χ4n) is 3.58. The van der Waals surface area contributed by atoms with E-state index in [1.54, 1.807) is 21.9 Å². The van der Waals surface area contributed by atoms with Gasteiger partial charge in [0.1, 0.15) is 5.75 Å². The highest BCUT2D eigenvalue weighted by molar-refractivity contribution is 5.95. The Morgan fingerprint density at radius 2 is 2.14 bits per heavy atom. The molecule has 28 heavy (non-hydrogen) atoms. The number of para-hydroxylation sites is 1. The van der Waals surface area contributed by atoms with E-state index >= 15 is 0 Å². The first-order chi connectivity index (χ1) is 13.6. The van der Waals surface area contributed by atoms with Gasteiger partial charge in [0, 0.05) is 45.0 Å². The number of hydrogen-bond donors (Lipinski definition) is 1. The van der Waals surface area contributed by atoms with E-state index in [1.807, 2.05) is 38.2 Å². The zero-order chi connectivity index (χ0) is 19.9. The average molecular weight is 384 g/mol. The summed E-state index contributed by atoms with van der Waals surface area (Å²) in [7, 11) is 1.81. The molecule has 1 aromatic heterocycles. The highest BCUT2D eigenvalue weighted by atomic mass is 16.5. The molecule has 1 fully saturated rings. The van der Waals surface area contributed by atoms with Gasteiger partial charge in [0.2, 0.25) is 5.78 Å². The number of carbonyl (C=O) groups is 2. The summed E-state index contributed by atoms with van der Waals surface area (Å²) in [6, 6.07) is 7.75. The fourth-order valence-corrected chi connectivity index (χ4v) is 3.58. The monoisotopic (exact) mass is 384 g/mol. The lowest BCUT2D eigenvalue weighted by molar-refractivity contribution is 0.0832. The second-order valence-electron chi connectivity index (χ2n) is 7.03. The number of carbonyl (C=O) groups excluding carboxylic acids is 2. The number of hydrogen-bond acceptors (Lipinski definition) is 4. The fraction of sp³-hybridized carbons (Fsp3) is 0.476. The van der Waals surface area contributed by atoms with Gasteiger partial charge in [-0.3, -0.25) is 4.79 Å². The van der Waals surface area contributed by atoms with Gasteiger partial charge in [-0.2, -0.15) is 0 Å². The molecule has 7 heteroatoms. The van der Waals surface area contributed by atoms with Crippen molar-refractivity contribution >= 4 is 11.8 Å². The summed E-state index contributed by atoms with van der Waals surface area (Å²) in [4.78, 5) is 31.2. The summed E-state index contributed by atoms with van der Waals surface area (Å²) in [6.45, 7) is 4.20. The second kappa shape index (κ2) is 9.39. The third kappa shape index (κ3) is 4.71. The van der Waals surface area contributed by atoms with E-state index in [0.29, 0.717) is 38.5 Å². The normalized spacial score (nSPS) is 16.6. The van der Waals surface area contributed by atoms with Gasteiger partial charge in [-0.1, -0.05) is 18.2 Å². The Bertz CT molecular complexity index is 817. The lowest BCUT2D eigenvalue weighted by atomic mass is 9.93. The van der Waals surface area contributed by atoms with Gasteiger partial charge >= 0.3 is 6.03 Å². The minimum absolute atomic E-state index is 0.00985. The molecule has 1 aliphatic heterocycles. The predicted molar refractivity (Wildman–Crippen MR) is 107 cm³/mol. The number of piperidine rings is 1. The molecule has 1 saturated heterocycles. The molecule has 0 radical (unpaired) electrons. The minimum atomic E-state index is -0.195. The van der Waals surface area contributed by atoms with Gasteiger partial charge in [-0.25, -0.2) is 9.78 Å². The Morgan fingerprint density at radius 1 is 1.32 bits per heavy atom. The number of ether oxygens (including phenoxy) is 1. The standard InChI is InChI=1S/C21H28N4O3/c1-3-28-18-9-5-4-7-16(18)10-11-23-21(27)25-13-6-8-17(15-25)19(26)20-22-12-14-24(20)2/h4-5,7,9,12,14,17H,3,6,8,10-11,13,15H2,1-2H3,(H,23,27)/t17-/m1/s1. The summed E-state index contributed by atoms with van der Waals surface area (Å²) >= 11 is 0. The number of benzene rings is 1. The first-order valence-corrected chi connectivity index (χ1v) is 9.85. The topological polar surface area (TPSA) is 76.5 Å². The van der Waals surface area contributed by atoms with Crippen molar-refractivity contribution in [2.24, 2.45) is 13.0 Å². The SMILES string of the molecule is CCOc1ccccc1CCNC(=O)N1CCC[C@@H](C(=O)c2nccn2C)C1. The van der Waals surface area contributed by atoms with Crippen LogP contribution in [0.15, 0.2) is 36.7 Å². The van der Waals surface area contributed by atoms with Crippen LogP contribution in [0.25, 0.3) is 0 Å². The van der Waals surface area contributed by atoms with E-state index in [9.17, 15) is 9.59 Å². The smallest absolute Gasteiger partial charge is 0.317 e. The predicted octanol–water partition coefficient (Wildman–Crippen LogP) is 2.67. The quantitative estimate of drug-likeness (QED) is 0.745. The number of Topliss-reactive ketones (excluding diaryl/α,β-unsaturated/α-hetero) is 1. The van der Waals surface area contributed by atoms with Crippen molar-refractivity contribution in [1.82, 2.24) is 19.8 Å². The Balaban J connectivity index is 1.52. The Morgan fingerprint density at radius 3 is 2.89 bits per heavy atom. The molecule has 3 rings (SSSR count). The molecule has 150 valence electrons. The third-order valence-electron chi connectivity index (χ3n) is 5.06. The Hall–Kier alpha value is -2.83. The van der Waals surface area contributed by atoms with Crippen LogP contribution in [0.4, 0.5) is 4.79 Å². The highest BCUT2D eigenvalue weighted by Crippen LogP contribution is 2.21. The number of imidazole rings is 1. The zero-order valence-electron chi connectivity index (χ0n) is 16.6. The first kappa shape index (κ1) is 19.9. The summed E-state index contributed by atoms with van der Waals surface area (Å²) < 4.78 is 7.36. The van der Waals surface area contributed by atoms with Crippen molar-refractivity contribution in [3.63, 3.8) is 0 Å². The van der Waals surface area contributed by atoms with E-state index in [-0.39, 0.29) is 17.7 Å². The van der Waals surface area contributed by atoms with Crippen LogP contribution in [0.2, 0.25) is 0 Å². The molecular weight excluding hydrogens is 356 g/mol. The van der Waals surface area contributed by atoms with Gasteiger partial charge in [0.05, 0.1) is 6.61 Å². The highest BCUT2D eigenvalue weighted by Gasteiger charge is 2.30. The van der Waals surface area contributed by atoms with Crippen molar-refractivity contribution in [2.45, 2.75) is 26.2 Å². The van der Waals surface area contributed by atoms with Crippen LogP contribution in [0.3, 0.4) is 0 Å². The van der Waals surface area contributed by atoms with Crippen LogP contribution in [-0.2, 0) is 13.5 Å². The minimum Gasteiger partial charge on any atom is -0.494 e. The number of ketones is 1. The second-order valence-corrected chi connectivity index (χ2v) is 7.03. The van der Waals surface area contributed by atoms with Crippen LogP contribution in [0.5, 0.6) is 5.75 Å². The molecule has 0 unspecified atom stereocenters. The molecule has 0 aliphatic carbocycles. The van der Waals surface area contributed by atoms with Crippen molar-refractivity contribution in [2.75, 3.05) is 26.2 Å². The van der Waals surface area contributed by atoms with Gasteiger partial charge < -0.3 is 19.5 Å². The summed E-state index contributed by atoms with van der Waals surface area (Å²) in [5.41, 5.74) is 1.08.